The van der Waals surface area contributed by atoms with E-state index in [9.17, 15) is 4.79 Å². The van der Waals surface area contributed by atoms with E-state index in [2.05, 4.69) is 34.6 Å². The molecule has 24 heavy (non-hydrogen) atoms. The molecule has 0 aliphatic carbocycles. The van der Waals surface area contributed by atoms with Gasteiger partial charge in [0, 0.05) is 17.3 Å². The van der Waals surface area contributed by atoms with Gasteiger partial charge in [0.15, 0.2) is 0 Å². The molecule has 0 radical (unpaired) electrons. The Bertz CT molecular complexity index is 686. The predicted molar refractivity (Wildman–Crippen MR) is 100 cm³/mol. The van der Waals surface area contributed by atoms with E-state index in [1.165, 1.54) is 0 Å². The van der Waals surface area contributed by atoms with E-state index in [0.29, 0.717) is 16.4 Å². The molecule has 2 N–H and O–H groups in total. The Kier molecular flexibility index (Phi) is 6.58. The molecule has 1 aromatic carbocycles. The number of aryl methyl sites for hydroxylation is 1. The maximum Gasteiger partial charge on any atom is 0.274 e. The quantitative estimate of drug-likeness (QED) is 0.751. The van der Waals surface area contributed by atoms with Gasteiger partial charge >= 0.3 is 0 Å². The lowest BCUT2D eigenvalue weighted by Crippen LogP contribution is -2.17. The van der Waals surface area contributed by atoms with Crippen molar-refractivity contribution in [3.8, 4) is 0 Å². The number of carbonyl (C=O) groups is 1. The fourth-order valence-electron chi connectivity index (χ4n) is 2.18. The lowest BCUT2D eigenvalue weighted by atomic mass is 10.2. The fourth-order valence-corrected chi connectivity index (χ4v) is 2.35. The molecule has 0 bridgehead atoms. The van der Waals surface area contributed by atoms with Crippen LogP contribution in [0.5, 0.6) is 0 Å². The summed E-state index contributed by atoms with van der Waals surface area (Å²) in [5.74, 6) is -0.250. The minimum Gasteiger partial charge on any atom is -0.384 e. The van der Waals surface area contributed by atoms with Gasteiger partial charge in [-0.05, 0) is 63.8 Å². The van der Waals surface area contributed by atoms with Crippen molar-refractivity contribution < 1.29 is 4.79 Å². The molecule has 2 rings (SSSR count). The lowest BCUT2D eigenvalue weighted by Gasteiger charge is -2.11. The molecular formula is C18H23ClN4O. The highest BCUT2D eigenvalue weighted by Gasteiger charge is 2.09. The van der Waals surface area contributed by atoms with E-state index in [4.69, 9.17) is 11.6 Å². The molecule has 0 aliphatic heterocycles. The Labute approximate surface area is 148 Å². The summed E-state index contributed by atoms with van der Waals surface area (Å²) in [4.78, 5) is 18.6. The molecule has 128 valence electrons. The first-order valence-electron chi connectivity index (χ1n) is 7.88. The van der Waals surface area contributed by atoms with Crippen LogP contribution in [0.15, 0.2) is 36.5 Å². The average Bonchev–Trinajstić information content (AvgIpc) is 2.55. The van der Waals surface area contributed by atoms with Crippen molar-refractivity contribution >= 4 is 28.9 Å². The fraction of sp³-hybridized carbons (Fsp3) is 0.333. The summed E-state index contributed by atoms with van der Waals surface area (Å²) in [5, 5.41) is 6.72. The van der Waals surface area contributed by atoms with Crippen LogP contribution in [0, 0.1) is 6.92 Å². The van der Waals surface area contributed by atoms with Gasteiger partial charge in [-0.3, -0.25) is 4.79 Å². The normalized spacial score (nSPS) is 10.7. The first-order valence-corrected chi connectivity index (χ1v) is 8.25. The Morgan fingerprint density at radius 1 is 1.25 bits per heavy atom. The number of pyridine rings is 1. The largest absolute Gasteiger partial charge is 0.384 e. The van der Waals surface area contributed by atoms with E-state index in [0.717, 1.165) is 30.8 Å². The van der Waals surface area contributed by atoms with Gasteiger partial charge in [-0.1, -0.05) is 17.7 Å². The number of aromatic nitrogens is 1. The number of hydrogen-bond acceptors (Lipinski definition) is 4. The second-order valence-electron chi connectivity index (χ2n) is 5.93. The summed E-state index contributed by atoms with van der Waals surface area (Å²) >= 11 is 5.97. The van der Waals surface area contributed by atoms with Gasteiger partial charge < -0.3 is 15.5 Å². The summed E-state index contributed by atoms with van der Waals surface area (Å²) in [6.07, 6.45) is 2.72. The summed E-state index contributed by atoms with van der Waals surface area (Å²) in [7, 11) is 4.10. The standard InChI is InChI=1S/C18H23ClN4O/c1-13-5-6-14(19)11-17(13)22-18(24)16-8-7-15(12-21-16)20-9-4-10-23(2)3/h5-8,11-12,20H,4,9-10H2,1-3H3,(H,22,24). The Morgan fingerprint density at radius 2 is 2.04 bits per heavy atom. The maximum atomic E-state index is 12.3. The number of halogens is 1. The number of anilines is 2. The molecular weight excluding hydrogens is 324 g/mol. The van der Waals surface area contributed by atoms with Gasteiger partial charge in [-0.2, -0.15) is 0 Å². The molecule has 0 atom stereocenters. The molecule has 0 saturated carbocycles. The number of rotatable bonds is 7. The van der Waals surface area contributed by atoms with Crippen LogP contribution in [-0.2, 0) is 0 Å². The third kappa shape index (κ3) is 5.51. The second-order valence-corrected chi connectivity index (χ2v) is 6.37. The first kappa shape index (κ1) is 18.2. The van der Waals surface area contributed by atoms with Crippen molar-refractivity contribution in [2.24, 2.45) is 0 Å². The van der Waals surface area contributed by atoms with Crippen molar-refractivity contribution in [1.29, 1.82) is 0 Å². The zero-order chi connectivity index (χ0) is 17.5. The highest BCUT2D eigenvalue weighted by Crippen LogP contribution is 2.20. The van der Waals surface area contributed by atoms with Gasteiger partial charge in [0.1, 0.15) is 5.69 Å². The Hall–Kier alpha value is -2.11. The van der Waals surface area contributed by atoms with E-state index < -0.39 is 0 Å². The number of carbonyl (C=O) groups excluding carboxylic acids is 1. The van der Waals surface area contributed by atoms with E-state index >= 15 is 0 Å². The van der Waals surface area contributed by atoms with Gasteiger partial charge in [0.25, 0.3) is 5.91 Å². The topological polar surface area (TPSA) is 57.3 Å². The number of benzene rings is 1. The van der Waals surface area contributed by atoms with E-state index in [1.807, 2.05) is 19.1 Å². The SMILES string of the molecule is Cc1ccc(Cl)cc1NC(=O)c1ccc(NCCCN(C)C)cn1. The molecule has 0 saturated heterocycles. The number of nitrogens with one attached hydrogen (secondary N) is 2. The molecule has 0 fully saturated rings. The monoisotopic (exact) mass is 346 g/mol. The predicted octanol–water partition coefficient (Wildman–Crippen LogP) is 3.66. The third-order valence-corrected chi connectivity index (χ3v) is 3.79. The third-order valence-electron chi connectivity index (χ3n) is 3.56. The van der Waals surface area contributed by atoms with Crippen molar-refractivity contribution in [2.75, 3.05) is 37.8 Å². The lowest BCUT2D eigenvalue weighted by molar-refractivity contribution is 0.102. The van der Waals surface area contributed by atoms with Crippen LogP contribution in [0.2, 0.25) is 5.02 Å². The number of nitrogens with zero attached hydrogens (tertiary/aromatic N) is 2. The van der Waals surface area contributed by atoms with Crippen LogP contribution >= 0.6 is 11.6 Å². The van der Waals surface area contributed by atoms with E-state index in [1.54, 1.807) is 24.4 Å². The number of hydrogen-bond donors (Lipinski definition) is 2. The molecule has 5 nitrogen and oxygen atoms in total. The summed E-state index contributed by atoms with van der Waals surface area (Å²) < 4.78 is 0. The van der Waals surface area contributed by atoms with Gasteiger partial charge in [0.05, 0.1) is 11.9 Å². The zero-order valence-corrected chi connectivity index (χ0v) is 15.0. The van der Waals surface area contributed by atoms with Gasteiger partial charge in [0.2, 0.25) is 0 Å². The van der Waals surface area contributed by atoms with Crippen LogP contribution < -0.4 is 10.6 Å². The highest BCUT2D eigenvalue weighted by atomic mass is 35.5. The summed E-state index contributed by atoms with van der Waals surface area (Å²) in [6.45, 7) is 3.81. The molecule has 6 heteroatoms. The molecule has 1 heterocycles. The van der Waals surface area contributed by atoms with Crippen LogP contribution in [0.25, 0.3) is 0 Å². The van der Waals surface area contributed by atoms with Crippen molar-refractivity contribution in [1.82, 2.24) is 9.88 Å². The van der Waals surface area contributed by atoms with Gasteiger partial charge in [-0.15, -0.1) is 0 Å². The summed E-state index contributed by atoms with van der Waals surface area (Å²) in [5.41, 5.74) is 2.92. The minimum atomic E-state index is -0.250. The Morgan fingerprint density at radius 3 is 2.71 bits per heavy atom. The highest BCUT2D eigenvalue weighted by molar-refractivity contribution is 6.31. The van der Waals surface area contributed by atoms with Crippen molar-refractivity contribution in [3.63, 3.8) is 0 Å². The van der Waals surface area contributed by atoms with Crippen LogP contribution in [-0.4, -0.2) is 43.0 Å². The van der Waals surface area contributed by atoms with Crippen LogP contribution in [0.3, 0.4) is 0 Å². The summed E-state index contributed by atoms with van der Waals surface area (Å²) in [6, 6.07) is 8.97. The van der Waals surface area contributed by atoms with Crippen molar-refractivity contribution in [3.05, 3.63) is 52.8 Å². The molecule has 1 amide bonds. The zero-order valence-electron chi connectivity index (χ0n) is 14.3. The molecule has 0 spiro atoms. The molecule has 2 aromatic rings. The van der Waals surface area contributed by atoms with E-state index in [-0.39, 0.29) is 5.91 Å². The second kappa shape index (κ2) is 8.66. The smallest absolute Gasteiger partial charge is 0.274 e. The van der Waals surface area contributed by atoms with Crippen molar-refractivity contribution in [2.45, 2.75) is 13.3 Å². The first-order chi connectivity index (χ1) is 11.5. The van der Waals surface area contributed by atoms with Crippen LogP contribution in [0.4, 0.5) is 11.4 Å². The molecule has 0 aliphatic rings. The minimum absolute atomic E-state index is 0.250. The maximum absolute atomic E-state index is 12.3. The molecule has 1 aromatic heterocycles. The number of amides is 1. The molecule has 0 unspecified atom stereocenters. The van der Waals surface area contributed by atoms with Crippen LogP contribution in [0.1, 0.15) is 22.5 Å². The average molecular weight is 347 g/mol. The van der Waals surface area contributed by atoms with Gasteiger partial charge in [-0.25, -0.2) is 4.98 Å². The Balaban J connectivity index is 1.92.